The molecule has 108 valence electrons. The number of aromatic nitrogens is 1. The summed E-state index contributed by atoms with van der Waals surface area (Å²) < 4.78 is 5.67. The Kier molecular flexibility index (Phi) is 3.56. The molecule has 0 unspecified atom stereocenters. The highest BCUT2D eigenvalue weighted by Gasteiger charge is 2.29. The van der Waals surface area contributed by atoms with Gasteiger partial charge < -0.3 is 4.74 Å². The van der Waals surface area contributed by atoms with Crippen LogP contribution in [0.15, 0.2) is 36.4 Å². The van der Waals surface area contributed by atoms with Gasteiger partial charge in [0.05, 0.1) is 10.5 Å². The first-order valence-electron chi connectivity index (χ1n) is 6.98. The highest BCUT2D eigenvalue weighted by molar-refractivity contribution is 5.48. The monoisotopic (exact) mass is 284 g/mol. The molecule has 0 atom stereocenters. The molecule has 0 amide bonds. The number of ether oxygens (including phenoxy) is 1. The highest BCUT2D eigenvalue weighted by atomic mass is 16.6. The number of benzene rings is 1. The van der Waals surface area contributed by atoms with E-state index >= 15 is 0 Å². The van der Waals surface area contributed by atoms with Crippen LogP contribution in [0, 0.1) is 17.0 Å². The number of pyridine rings is 1. The van der Waals surface area contributed by atoms with Crippen LogP contribution in [0.1, 0.15) is 35.6 Å². The van der Waals surface area contributed by atoms with E-state index in [1.807, 2.05) is 25.1 Å². The maximum atomic E-state index is 11.2. The average Bonchev–Trinajstić information content (AvgIpc) is 3.29. The van der Waals surface area contributed by atoms with Gasteiger partial charge in [0.1, 0.15) is 6.61 Å². The lowest BCUT2D eigenvalue weighted by molar-refractivity contribution is -0.385. The van der Waals surface area contributed by atoms with Crippen LogP contribution < -0.4 is 4.74 Å². The second-order valence-corrected chi connectivity index (χ2v) is 5.28. The van der Waals surface area contributed by atoms with Crippen LogP contribution in [0.3, 0.4) is 0 Å². The predicted octanol–water partition coefficient (Wildman–Crippen LogP) is 3.75. The maximum Gasteiger partial charge on any atom is 0.276 e. The van der Waals surface area contributed by atoms with Gasteiger partial charge in [-0.05, 0) is 37.3 Å². The van der Waals surface area contributed by atoms with Crippen LogP contribution in [-0.2, 0) is 6.61 Å². The third-order valence-electron chi connectivity index (χ3n) is 3.63. The van der Waals surface area contributed by atoms with Gasteiger partial charge in [-0.3, -0.25) is 10.1 Å². The Hall–Kier alpha value is -2.43. The average molecular weight is 284 g/mol. The minimum absolute atomic E-state index is 0.132. The van der Waals surface area contributed by atoms with Crippen molar-refractivity contribution in [3.05, 3.63) is 63.3 Å². The molecule has 1 aromatic carbocycles. The van der Waals surface area contributed by atoms with E-state index in [9.17, 15) is 10.1 Å². The summed E-state index contributed by atoms with van der Waals surface area (Å²) in [5.41, 5.74) is 2.70. The van der Waals surface area contributed by atoms with Crippen LogP contribution in [0.25, 0.3) is 0 Å². The van der Waals surface area contributed by atoms with Crippen molar-refractivity contribution in [3.8, 4) is 5.88 Å². The first-order valence-corrected chi connectivity index (χ1v) is 6.98. The quantitative estimate of drug-likeness (QED) is 0.619. The third-order valence-corrected chi connectivity index (χ3v) is 3.63. The second kappa shape index (κ2) is 5.52. The van der Waals surface area contributed by atoms with Crippen molar-refractivity contribution in [2.75, 3.05) is 0 Å². The lowest BCUT2D eigenvalue weighted by Crippen LogP contribution is -2.05. The number of aryl methyl sites for hydroxylation is 1. The van der Waals surface area contributed by atoms with Crippen molar-refractivity contribution in [3.63, 3.8) is 0 Å². The molecule has 5 nitrogen and oxygen atoms in total. The van der Waals surface area contributed by atoms with Crippen LogP contribution in [0.4, 0.5) is 5.69 Å². The van der Waals surface area contributed by atoms with Gasteiger partial charge in [-0.1, -0.05) is 18.2 Å². The molecule has 0 bridgehead atoms. The Morgan fingerprint density at radius 1 is 1.29 bits per heavy atom. The minimum atomic E-state index is -0.339. The summed E-state index contributed by atoms with van der Waals surface area (Å²) in [7, 11) is 0. The Labute approximate surface area is 122 Å². The first-order chi connectivity index (χ1) is 10.1. The number of hydrogen-bond acceptors (Lipinski definition) is 4. The van der Waals surface area contributed by atoms with Crippen molar-refractivity contribution >= 4 is 5.69 Å². The SMILES string of the molecule is Cc1cccc(OCc2c(C3CC3)cccc2[N+](=O)[O-])n1. The van der Waals surface area contributed by atoms with E-state index in [1.165, 1.54) is 6.07 Å². The molecule has 1 aliphatic carbocycles. The molecule has 1 saturated carbocycles. The smallest absolute Gasteiger partial charge is 0.276 e. The largest absolute Gasteiger partial charge is 0.472 e. The van der Waals surface area contributed by atoms with Gasteiger partial charge in [0.2, 0.25) is 5.88 Å². The predicted molar refractivity (Wildman–Crippen MR) is 78.4 cm³/mol. The van der Waals surface area contributed by atoms with Crippen LogP contribution in [0.2, 0.25) is 0 Å². The topological polar surface area (TPSA) is 65.3 Å². The number of nitrogens with zero attached hydrogens (tertiary/aromatic N) is 2. The van der Waals surface area contributed by atoms with Gasteiger partial charge in [0.15, 0.2) is 0 Å². The zero-order valence-corrected chi connectivity index (χ0v) is 11.8. The summed E-state index contributed by atoms with van der Waals surface area (Å²) in [4.78, 5) is 15.1. The van der Waals surface area contributed by atoms with Crippen LogP contribution in [-0.4, -0.2) is 9.91 Å². The van der Waals surface area contributed by atoms with E-state index in [2.05, 4.69) is 4.98 Å². The molecule has 0 spiro atoms. The van der Waals surface area contributed by atoms with Crippen molar-refractivity contribution in [1.29, 1.82) is 0 Å². The van der Waals surface area contributed by atoms with Crippen molar-refractivity contribution in [1.82, 2.24) is 4.98 Å². The zero-order chi connectivity index (χ0) is 14.8. The number of nitro benzene ring substituents is 1. The molecule has 0 aliphatic heterocycles. The molecule has 1 fully saturated rings. The van der Waals surface area contributed by atoms with Gasteiger partial charge in [-0.25, -0.2) is 4.98 Å². The van der Waals surface area contributed by atoms with Gasteiger partial charge in [-0.2, -0.15) is 0 Å². The molecule has 0 saturated heterocycles. The van der Waals surface area contributed by atoms with Crippen molar-refractivity contribution in [2.45, 2.75) is 32.3 Å². The van der Waals surface area contributed by atoms with E-state index in [0.29, 0.717) is 17.4 Å². The summed E-state index contributed by atoms with van der Waals surface area (Å²) in [5, 5.41) is 11.2. The second-order valence-electron chi connectivity index (χ2n) is 5.28. The van der Waals surface area contributed by atoms with Gasteiger partial charge in [-0.15, -0.1) is 0 Å². The summed E-state index contributed by atoms with van der Waals surface area (Å²) in [6.45, 7) is 2.06. The molecule has 5 heteroatoms. The molecular formula is C16H16N2O3. The standard InChI is InChI=1S/C16H16N2O3/c1-11-4-2-7-16(17-11)21-10-14-13(12-8-9-12)5-3-6-15(14)18(19)20/h2-7,12H,8-10H2,1H3. The normalized spacial score (nSPS) is 14.0. The van der Waals surface area contributed by atoms with Gasteiger partial charge in [0.25, 0.3) is 5.69 Å². The Bertz CT molecular complexity index is 681. The Morgan fingerprint density at radius 2 is 2.05 bits per heavy atom. The lowest BCUT2D eigenvalue weighted by atomic mass is 10.0. The molecule has 1 heterocycles. The number of hydrogen-bond donors (Lipinski definition) is 0. The maximum absolute atomic E-state index is 11.2. The van der Waals surface area contributed by atoms with E-state index in [-0.39, 0.29) is 17.2 Å². The summed E-state index contributed by atoms with van der Waals surface area (Å²) in [6.07, 6.45) is 2.19. The molecule has 1 aliphatic rings. The Morgan fingerprint density at radius 3 is 2.71 bits per heavy atom. The number of nitro groups is 1. The van der Waals surface area contributed by atoms with Crippen LogP contribution >= 0.6 is 0 Å². The van der Waals surface area contributed by atoms with E-state index in [4.69, 9.17) is 4.74 Å². The molecule has 3 rings (SSSR count). The van der Waals surface area contributed by atoms with Crippen molar-refractivity contribution < 1.29 is 9.66 Å². The fourth-order valence-electron chi connectivity index (χ4n) is 2.44. The van der Waals surface area contributed by atoms with E-state index in [0.717, 1.165) is 24.1 Å². The molecule has 0 radical (unpaired) electrons. The molecule has 0 N–H and O–H groups in total. The number of rotatable bonds is 5. The highest BCUT2D eigenvalue weighted by Crippen LogP contribution is 2.43. The van der Waals surface area contributed by atoms with Crippen molar-refractivity contribution in [2.24, 2.45) is 0 Å². The molecule has 21 heavy (non-hydrogen) atoms. The zero-order valence-electron chi connectivity index (χ0n) is 11.8. The first kappa shape index (κ1) is 13.5. The fourth-order valence-corrected chi connectivity index (χ4v) is 2.44. The third kappa shape index (κ3) is 3.02. The minimum Gasteiger partial charge on any atom is -0.472 e. The summed E-state index contributed by atoms with van der Waals surface area (Å²) in [5.74, 6) is 0.934. The van der Waals surface area contributed by atoms with Gasteiger partial charge >= 0.3 is 0 Å². The Balaban J connectivity index is 1.88. The molecule has 2 aromatic rings. The molecular weight excluding hydrogens is 268 g/mol. The summed E-state index contributed by atoms with van der Waals surface area (Å²) in [6, 6.07) is 10.8. The van der Waals surface area contributed by atoms with Gasteiger partial charge in [0, 0.05) is 17.8 Å². The van der Waals surface area contributed by atoms with E-state index in [1.54, 1.807) is 12.1 Å². The fraction of sp³-hybridized carbons (Fsp3) is 0.312. The van der Waals surface area contributed by atoms with Crippen LogP contribution in [0.5, 0.6) is 5.88 Å². The van der Waals surface area contributed by atoms with E-state index < -0.39 is 0 Å². The summed E-state index contributed by atoms with van der Waals surface area (Å²) >= 11 is 0. The molecule has 1 aromatic heterocycles. The lowest BCUT2D eigenvalue weighted by Gasteiger charge is -2.11.